The Morgan fingerprint density at radius 1 is 0.500 bits per heavy atom. The molecule has 6 heterocycles. The Morgan fingerprint density at radius 3 is 1.69 bits per heavy atom. The molecule has 0 N–H and O–H groups in total. The van der Waals surface area contributed by atoms with Gasteiger partial charge < -0.3 is 13.5 Å². The molecule has 0 aliphatic heterocycles. The van der Waals surface area contributed by atoms with E-state index in [9.17, 15) is 0 Å². The van der Waals surface area contributed by atoms with E-state index in [4.69, 9.17) is 24.7 Å². The van der Waals surface area contributed by atoms with Crippen molar-refractivity contribution in [1.29, 1.82) is 0 Å². The van der Waals surface area contributed by atoms with Crippen LogP contribution in [0.1, 0.15) is 11.1 Å². The molecule has 0 atom stereocenters. The fourth-order valence-electron chi connectivity index (χ4n) is 7.78. The number of hydrogen-bond acceptors (Lipinski definition) is 5. The summed E-state index contributed by atoms with van der Waals surface area (Å²) >= 11 is 0. The van der Waals surface area contributed by atoms with Crippen LogP contribution in [0.15, 0.2) is 121 Å². The van der Waals surface area contributed by atoms with Crippen LogP contribution in [0.5, 0.6) is 11.5 Å². The normalized spacial score (nSPS) is 11.9. The van der Waals surface area contributed by atoms with Gasteiger partial charge in [-0.2, -0.15) is 0 Å². The SMILES string of the molecule is Cc1cccc(C)c1-c1ccc2c3ccc(Oc4[c-]c5c(cc4)c4cccnc4n4c6ccccc6nc54)[c-]c3c3nc4ccccc4n3c2n1.[Pd+2]. The van der Waals surface area contributed by atoms with Gasteiger partial charge in [-0.1, -0.05) is 100 Å². The number of hydrogen-bond donors (Lipinski definition) is 0. The minimum atomic E-state index is 0. The average molecular weight is 761 g/mol. The standard InChI is InChI=1S/C44H26N6O.Pd/c1-25-9-7-10-26(2)40(25)37-21-20-32-30-19-17-28(24-34(30)44-47-36-13-4-6-15-39(36)50(44)42(32)48-37)51-27-16-18-29-31-11-8-22-45-41(31)49-38-14-5-3-12-35(38)46-43(49)33(29)23-27;/h3-22H,1-2H3;/q-2;+2. The van der Waals surface area contributed by atoms with Crippen molar-refractivity contribution in [3.63, 3.8) is 0 Å². The topological polar surface area (TPSA) is 69.6 Å². The summed E-state index contributed by atoms with van der Waals surface area (Å²) in [6, 6.07) is 46.2. The van der Waals surface area contributed by atoms with Gasteiger partial charge in [-0.05, 0) is 72.1 Å². The summed E-state index contributed by atoms with van der Waals surface area (Å²) in [6.45, 7) is 4.28. The third-order valence-electron chi connectivity index (χ3n) is 10.0. The van der Waals surface area contributed by atoms with Crippen molar-refractivity contribution in [3.8, 4) is 22.8 Å². The number of para-hydroxylation sites is 4. The Hall–Kier alpha value is -6.20. The summed E-state index contributed by atoms with van der Waals surface area (Å²) in [4.78, 5) is 20.2. The van der Waals surface area contributed by atoms with Gasteiger partial charge in [0.1, 0.15) is 11.3 Å². The van der Waals surface area contributed by atoms with E-state index in [2.05, 4.69) is 95.4 Å². The van der Waals surface area contributed by atoms with Crippen LogP contribution >= 0.6 is 0 Å². The molecule has 0 fully saturated rings. The molecular weight excluding hydrogens is 735 g/mol. The molecule has 0 spiro atoms. The van der Waals surface area contributed by atoms with E-state index in [1.807, 2.05) is 60.8 Å². The predicted molar refractivity (Wildman–Crippen MR) is 204 cm³/mol. The van der Waals surface area contributed by atoms with E-state index in [1.54, 1.807) is 0 Å². The first kappa shape index (κ1) is 30.6. The number of fused-ring (bicyclic) bond motifs is 16. The number of rotatable bonds is 3. The molecule has 0 saturated carbocycles. The minimum absolute atomic E-state index is 0. The maximum absolute atomic E-state index is 6.55. The van der Waals surface area contributed by atoms with Gasteiger partial charge in [0.2, 0.25) is 0 Å². The summed E-state index contributed by atoms with van der Waals surface area (Å²) in [5, 5.41) is 5.79. The molecule has 52 heavy (non-hydrogen) atoms. The third kappa shape index (κ3) is 4.35. The second kappa shape index (κ2) is 11.4. The zero-order valence-electron chi connectivity index (χ0n) is 28.0. The van der Waals surface area contributed by atoms with Crippen molar-refractivity contribution in [2.24, 2.45) is 0 Å². The van der Waals surface area contributed by atoms with Crippen LogP contribution in [0.3, 0.4) is 0 Å². The van der Waals surface area contributed by atoms with E-state index in [0.29, 0.717) is 11.5 Å². The second-order valence-corrected chi connectivity index (χ2v) is 13.1. The number of nitrogens with zero attached hydrogens (tertiary/aromatic N) is 6. The predicted octanol–water partition coefficient (Wildman–Crippen LogP) is 10.4. The molecule has 248 valence electrons. The fourth-order valence-corrected chi connectivity index (χ4v) is 7.78. The van der Waals surface area contributed by atoms with Crippen molar-refractivity contribution in [3.05, 3.63) is 145 Å². The van der Waals surface area contributed by atoms with Crippen LogP contribution in [0, 0.1) is 26.0 Å². The Labute approximate surface area is 310 Å². The van der Waals surface area contributed by atoms with Crippen LogP contribution in [0.4, 0.5) is 0 Å². The van der Waals surface area contributed by atoms with Crippen molar-refractivity contribution in [1.82, 2.24) is 28.7 Å². The van der Waals surface area contributed by atoms with Crippen LogP contribution in [-0.4, -0.2) is 28.7 Å². The first-order chi connectivity index (χ1) is 25.1. The molecule has 0 amide bonds. The van der Waals surface area contributed by atoms with Gasteiger partial charge in [-0.3, -0.25) is 9.97 Å². The molecule has 6 aromatic heterocycles. The van der Waals surface area contributed by atoms with E-state index < -0.39 is 0 Å². The zero-order valence-corrected chi connectivity index (χ0v) is 29.5. The van der Waals surface area contributed by atoms with Crippen LogP contribution in [-0.2, 0) is 20.4 Å². The molecule has 0 unspecified atom stereocenters. The van der Waals surface area contributed by atoms with Crippen LogP contribution < -0.4 is 4.74 Å². The van der Waals surface area contributed by atoms with Crippen LogP contribution in [0.2, 0.25) is 0 Å². The summed E-state index contributed by atoms with van der Waals surface area (Å²) < 4.78 is 10.8. The molecule has 11 rings (SSSR count). The maximum Gasteiger partial charge on any atom is 2.00 e. The summed E-state index contributed by atoms with van der Waals surface area (Å²) in [7, 11) is 0. The molecule has 5 aromatic carbocycles. The van der Waals surface area contributed by atoms with Crippen molar-refractivity contribution in [2.75, 3.05) is 0 Å². The average Bonchev–Trinajstić information content (AvgIpc) is 3.75. The molecule has 0 radical (unpaired) electrons. The van der Waals surface area contributed by atoms with Crippen LogP contribution in [0.25, 0.3) is 88.2 Å². The number of ether oxygens (including phenoxy) is 1. The summed E-state index contributed by atoms with van der Waals surface area (Å²) in [6.07, 6.45) is 1.82. The molecule has 0 bridgehead atoms. The number of benzene rings is 5. The van der Waals surface area contributed by atoms with Gasteiger partial charge in [0, 0.05) is 23.3 Å². The van der Waals surface area contributed by atoms with Crippen molar-refractivity contribution >= 4 is 77.0 Å². The Morgan fingerprint density at radius 2 is 1.06 bits per heavy atom. The van der Waals surface area contributed by atoms with Gasteiger partial charge in [0.25, 0.3) is 0 Å². The smallest absolute Gasteiger partial charge is 0.497 e. The van der Waals surface area contributed by atoms with E-state index in [0.717, 1.165) is 88.2 Å². The number of aryl methyl sites for hydroxylation is 2. The van der Waals surface area contributed by atoms with Crippen molar-refractivity contribution in [2.45, 2.75) is 13.8 Å². The van der Waals surface area contributed by atoms with E-state index in [1.165, 1.54) is 11.1 Å². The molecule has 11 aromatic rings. The number of aromatic nitrogens is 6. The Balaban J connectivity index is 0.00000338. The largest absolute Gasteiger partial charge is 2.00 e. The molecular formula is C44H26N6OPd. The van der Waals surface area contributed by atoms with Gasteiger partial charge >= 0.3 is 20.4 Å². The first-order valence-electron chi connectivity index (χ1n) is 16.9. The van der Waals surface area contributed by atoms with Gasteiger partial charge in [0.15, 0.2) is 0 Å². The van der Waals surface area contributed by atoms with Gasteiger partial charge in [-0.15, -0.1) is 12.1 Å². The number of pyridine rings is 4. The third-order valence-corrected chi connectivity index (χ3v) is 10.0. The van der Waals surface area contributed by atoms with E-state index in [-0.39, 0.29) is 20.4 Å². The van der Waals surface area contributed by atoms with Crippen molar-refractivity contribution < 1.29 is 25.2 Å². The second-order valence-electron chi connectivity index (χ2n) is 13.1. The fraction of sp³-hybridized carbons (Fsp3) is 0.0455. The summed E-state index contributed by atoms with van der Waals surface area (Å²) in [5.74, 6) is 1.14. The Kier molecular flexibility index (Phi) is 6.72. The van der Waals surface area contributed by atoms with Gasteiger partial charge in [-0.25, -0.2) is 9.97 Å². The quantitative estimate of drug-likeness (QED) is 0.102. The minimum Gasteiger partial charge on any atom is -0.497 e. The first-order valence-corrected chi connectivity index (χ1v) is 16.9. The number of imidazole rings is 2. The molecule has 7 nitrogen and oxygen atoms in total. The zero-order chi connectivity index (χ0) is 33.8. The maximum atomic E-state index is 6.55. The Bertz CT molecular complexity index is 3250. The van der Waals surface area contributed by atoms with Gasteiger partial charge in [0.05, 0.1) is 39.1 Å². The molecule has 0 saturated heterocycles. The summed E-state index contributed by atoms with van der Waals surface area (Å²) in [5.41, 5.74) is 11.6. The van der Waals surface area contributed by atoms with E-state index >= 15 is 0 Å². The molecule has 0 aliphatic rings. The molecule has 0 aliphatic carbocycles. The monoisotopic (exact) mass is 760 g/mol. The molecule has 8 heteroatoms.